The number of carbonyl (C=O) groups is 1. The Labute approximate surface area is 86.1 Å². The summed E-state index contributed by atoms with van der Waals surface area (Å²) < 4.78 is 0. The summed E-state index contributed by atoms with van der Waals surface area (Å²) in [5.74, 6) is 0.821. The number of hydrogen-bond donors (Lipinski definition) is 1. The molecule has 0 aliphatic carbocycles. The van der Waals surface area contributed by atoms with Crippen molar-refractivity contribution >= 4 is 5.97 Å². The number of hydrogen-bond acceptors (Lipinski definition) is 2. The van der Waals surface area contributed by atoms with Crippen LogP contribution in [0, 0.1) is 11.8 Å². The molecule has 1 saturated heterocycles. The van der Waals surface area contributed by atoms with E-state index in [1.165, 1.54) is 6.42 Å². The van der Waals surface area contributed by atoms with Crippen LogP contribution in [0.4, 0.5) is 0 Å². The van der Waals surface area contributed by atoms with Gasteiger partial charge in [-0.2, -0.15) is 0 Å². The Morgan fingerprint density at radius 1 is 1.43 bits per heavy atom. The Morgan fingerprint density at radius 3 is 2.71 bits per heavy atom. The van der Waals surface area contributed by atoms with Gasteiger partial charge in [-0.3, -0.25) is 9.69 Å². The fourth-order valence-electron chi connectivity index (χ4n) is 2.20. The average molecular weight is 199 g/mol. The van der Waals surface area contributed by atoms with Crippen LogP contribution >= 0.6 is 0 Å². The van der Waals surface area contributed by atoms with Gasteiger partial charge < -0.3 is 5.11 Å². The van der Waals surface area contributed by atoms with Gasteiger partial charge in [0, 0.05) is 0 Å². The minimum atomic E-state index is -0.701. The van der Waals surface area contributed by atoms with Crippen LogP contribution in [0.15, 0.2) is 0 Å². The molecule has 1 heterocycles. The molecule has 0 aromatic carbocycles. The van der Waals surface area contributed by atoms with Crippen molar-refractivity contribution in [1.82, 2.24) is 4.90 Å². The number of carboxylic acid groups (broad SMARTS) is 1. The van der Waals surface area contributed by atoms with E-state index >= 15 is 0 Å². The van der Waals surface area contributed by atoms with Crippen LogP contribution in [0.1, 0.15) is 33.1 Å². The summed E-state index contributed by atoms with van der Waals surface area (Å²) in [5.41, 5.74) is 0. The molecule has 3 nitrogen and oxygen atoms in total. The second kappa shape index (κ2) is 5.35. The van der Waals surface area contributed by atoms with Crippen molar-refractivity contribution in [2.24, 2.45) is 11.8 Å². The van der Waals surface area contributed by atoms with Gasteiger partial charge in [-0.05, 0) is 44.2 Å². The summed E-state index contributed by atoms with van der Waals surface area (Å²) >= 11 is 0. The van der Waals surface area contributed by atoms with E-state index in [0.717, 1.165) is 37.8 Å². The molecule has 82 valence electrons. The van der Waals surface area contributed by atoms with Gasteiger partial charge in [-0.25, -0.2) is 0 Å². The first-order valence-corrected chi connectivity index (χ1v) is 5.53. The molecule has 1 fully saturated rings. The van der Waals surface area contributed by atoms with Gasteiger partial charge in [0.1, 0.15) is 0 Å². The zero-order valence-corrected chi connectivity index (χ0v) is 9.20. The Balaban J connectivity index is 2.36. The predicted octanol–water partition coefficient (Wildman–Crippen LogP) is 1.83. The van der Waals surface area contributed by atoms with Crippen LogP contribution in [0.5, 0.6) is 0 Å². The van der Waals surface area contributed by atoms with Gasteiger partial charge in [0.25, 0.3) is 0 Å². The standard InChI is InChI=1S/C11H21NO2/c1-9(2)10-4-3-6-12(7-5-10)8-11(13)14/h9-10H,3-8H2,1-2H3,(H,13,14). The van der Waals surface area contributed by atoms with Gasteiger partial charge in [-0.1, -0.05) is 13.8 Å². The lowest BCUT2D eigenvalue weighted by Gasteiger charge is -2.19. The van der Waals surface area contributed by atoms with Crippen molar-refractivity contribution in [2.75, 3.05) is 19.6 Å². The highest BCUT2D eigenvalue weighted by Crippen LogP contribution is 2.24. The monoisotopic (exact) mass is 199 g/mol. The van der Waals surface area contributed by atoms with Gasteiger partial charge in [0.05, 0.1) is 6.54 Å². The Bertz CT molecular complexity index is 192. The van der Waals surface area contributed by atoms with E-state index in [-0.39, 0.29) is 6.54 Å². The lowest BCUT2D eigenvalue weighted by molar-refractivity contribution is -0.138. The number of aliphatic carboxylic acids is 1. The molecule has 1 rings (SSSR count). The maximum absolute atomic E-state index is 10.6. The van der Waals surface area contributed by atoms with E-state index < -0.39 is 5.97 Å². The van der Waals surface area contributed by atoms with E-state index in [0.29, 0.717) is 0 Å². The molecule has 0 spiro atoms. The number of carboxylic acids is 1. The van der Waals surface area contributed by atoms with Crippen LogP contribution in [0.3, 0.4) is 0 Å². The van der Waals surface area contributed by atoms with Crippen molar-refractivity contribution in [2.45, 2.75) is 33.1 Å². The lowest BCUT2D eigenvalue weighted by Crippen LogP contribution is -2.30. The second-order valence-electron chi connectivity index (χ2n) is 4.60. The molecular formula is C11H21NO2. The van der Waals surface area contributed by atoms with Gasteiger partial charge in [0.2, 0.25) is 0 Å². The molecule has 0 aromatic rings. The molecular weight excluding hydrogens is 178 g/mol. The third-order valence-corrected chi connectivity index (χ3v) is 3.17. The molecule has 1 unspecified atom stereocenters. The van der Waals surface area contributed by atoms with Crippen LogP contribution in [-0.4, -0.2) is 35.6 Å². The first-order valence-electron chi connectivity index (χ1n) is 5.53. The largest absolute Gasteiger partial charge is 0.480 e. The van der Waals surface area contributed by atoms with Crippen LogP contribution in [-0.2, 0) is 4.79 Å². The van der Waals surface area contributed by atoms with E-state index in [2.05, 4.69) is 18.7 Å². The summed E-state index contributed by atoms with van der Waals surface area (Å²) in [6.07, 6.45) is 3.56. The summed E-state index contributed by atoms with van der Waals surface area (Å²) in [4.78, 5) is 12.6. The van der Waals surface area contributed by atoms with Crippen LogP contribution in [0.2, 0.25) is 0 Å². The summed E-state index contributed by atoms with van der Waals surface area (Å²) in [5, 5.41) is 8.69. The molecule has 1 aliphatic rings. The summed E-state index contributed by atoms with van der Waals surface area (Å²) in [7, 11) is 0. The van der Waals surface area contributed by atoms with E-state index in [4.69, 9.17) is 5.11 Å². The molecule has 0 amide bonds. The maximum Gasteiger partial charge on any atom is 0.317 e. The van der Waals surface area contributed by atoms with Crippen LogP contribution in [0.25, 0.3) is 0 Å². The zero-order chi connectivity index (χ0) is 10.6. The number of rotatable bonds is 3. The molecule has 0 saturated carbocycles. The number of likely N-dealkylation sites (tertiary alicyclic amines) is 1. The highest BCUT2D eigenvalue weighted by Gasteiger charge is 2.20. The Hall–Kier alpha value is -0.570. The van der Waals surface area contributed by atoms with Gasteiger partial charge >= 0.3 is 5.97 Å². The second-order valence-corrected chi connectivity index (χ2v) is 4.60. The highest BCUT2D eigenvalue weighted by atomic mass is 16.4. The van der Waals surface area contributed by atoms with Crippen molar-refractivity contribution in [3.63, 3.8) is 0 Å². The molecule has 14 heavy (non-hydrogen) atoms. The molecule has 0 aromatic heterocycles. The van der Waals surface area contributed by atoms with E-state index in [9.17, 15) is 4.79 Å². The molecule has 1 aliphatic heterocycles. The highest BCUT2D eigenvalue weighted by molar-refractivity contribution is 5.69. The van der Waals surface area contributed by atoms with Crippen LogP contribution < -0.4 is 0 Å². The van der Waals surface area contributed by atoms with Crippen molar-refractivity contribution in [3.05, 3.63) is 0 Å². The normalized spacial score (nSPS) is 24.9. The molecule has 0 bridgehead atoms. The minimum Gasteiger partial charge on any atom is -0.480 e. The van der Waals surface area contributed by atoms with Crippen molar-refractivity contribution < 1.29 is 9.90 Å². The topological polar surface area (TPSA) is 40.5 Å². The van der Waals surface area contributed by atoms with Crippen molar-refractivity contribution in [3.8, 4) is 0 Å². The van der Waals surface area contributed by atoms with Gasteiger partial charge in [-0.15, -0.1) is 0 Å². The Kier molecular flexibility index (Phi) is 4.39. The smallest absolute Gasteiger partial charge is 0.317 e. The van der Waals surface area contributed by atoms with Gasteiger partial charge in [0.15, 0.2) is 0 Å². The average Bonchev–Trinajstić information content (AvgIpc) is 2.28. The molecule has 0 radical (unpaired) electrons. The molecule has 1 atom stereocenters. The molecule has 3 heteroatoms. The Morgan fingerprint density at radius 2 is 2.14 bits per heavy atom. The summed E-state index contributed by atoms with van der Waals surface area (Å²) in [6, 6.07) is 0. The van der Waals surface area contributed by atoms with E-state index in [1.54, 1.807) is 0 Å². The SMILES string of the molecule is CC(C)C1CCCN(CC(=O)O)CC1. The fourth-order valence-corrected chi connectivity index (χ4v) is 2.20. The third-order valence-electron chi connectivity index (χ3n) is 3.17. The first kappa shape index (κ1) is 11.5. The molecule has 1 N–H and O–H groups in total. The third kappa shape index (κ3) is 3.66. The lowest BCUT2D eigenvalue weighted by atomic mass is 9.89. The zero-order valence-electron chi connectivity index (χ0n) is 9.20. The summed E-state index contributed by atoms with van der Waals surface area (Å²) in [6.45, 7) is 6.64. The number of nitrogens with zero attached hydrogens (tertiary/aromatic N) is 1. The van der Waals surface area contributed by atoms with Crippen molar-refractivity contribution in [1.29, 1.82) is 0 Å². The predicted molar refractivity (Wildman–Crippen MR) is 56.3 cm³/mol. The maximum atomic E-state index is 10.6. The fraction of sp³-hybridized carbons (Fsp3) is 0.909. The van der Waals surface area contributed by atoms with E-state index in [1.807, 2.05) is 0 Å². The quantitative estimate of drug-likeness (QED) is 0.754. The minimum absolute atomic E-state index is 0.213. The first-order chi connectivity index (χ1) is 6.59.